The summed E-state index contributed by atoms with van der Waals surface area (Å²) in [4.78, 5) is 25.8. The lowest BCUT2D eigenvalue weighted by Crippen LogP contribution is -2.27. The topological polar surface area (TPSA) is 65.1 Å². The Hall–Kier alpha value is -2.57. The van der Waals surface area contributed by atoms with E-state index in [1.54, 1.807) is 19.1 Å². The first-order chi connectivity index (χ1) is 16.0. The molecule has 0 bridgehead atoms. The summed E-state index contributed by atoms with van der Waals surface area (Å²) >= 11 is 9.58. The number of thiocarbonyl (C=S) groups is 1. The highest BCUT2D eigenvalue weighted by atomic mass is 79.9. The van der Waals surface area contributed by atoms with Gasteiger partial charge in [-0.25, -0.2) is 4.79 Å². The minimum absolute atomic E-state index is 0.0298. The third-order valence-electron chi connectivity index (χ3n) is 4.41. The fourth-order valence-electron chi connectivity index (χ4n) is 2.96. The van der Waals surface area contributed by atoms with Gasteiger partial charge in [-0.05, 0) is 64.8 Å². The largest absolute Gasteiger partial charge is 0.493 e. The van der Waals surface area contributed by atoms with Crippen LogP contribution < -0.4 is 14.4 Å². The van der Waals surface area contributed by atoms with Crippen LogP contribution in [0.1, 0.15) is 18.1 Å². The van der Waals surface area contributed by atoms with E-state index in [9.17, 15) is 22.8 Å². The first kappa shape index (κ1) is 26.0. The molecule has 1 fully saturated rings. The zero-order valence-electron chi connectivity index (χ0n) is 17.8. The van der Waals surface area contributed by atoms with E-state index in [1.807, 2.05) is 0 Å². The van der Waals surface area contributed by atoms with Gasteiger partial charge in [-0.2, -0.15) is 13.2 Å². The van der Waals surface area contributed by atoms with Gasteiger partial charge in [0.25, 0.3) is 5.91 Å². The summed E-state index contributed by atoms with van der Waals surface area (Å²) in [6.07, 6.45) is -3.01. The fourth-order valence-corrected chi connectivity index (χ4v) is 4.83. The monoisotopic (exact) mass is 575 g/mol. The fraction of sp³-hybridized carbons (Fsp3) is 0.227. The molecule has 0 unspecified atom stereocenters. The number of halogens is 4. The number of alkyl halides is 3. The molecule has 0 N–H and O–H groups in total. The molecule has 1 aliphatic heterocycles. The number of hydrogen-bond donors (Lipinski definition) is 0. The molecule has 1 aliphatic rings. The van der Waals surface area contributed by atoms with Gasteiger partial charge in [0.1, 0.15) is 0 Å². The number of ether oxygens (including phenoxy) is 3. The van der Waals surface area contributed by atoms with E-state index in [0.29, 0.717) is 15.8 Å². The molecule has 2 aromatic rings. The summed E-state index contributed by atoms with van der Waals surface area (Å²) in [5.74, 6) is -0.534. The Morgan fingerprint density at radius 3 is 2.65 bits per heavy atom. The normalized spacial score (nSPS) is 15.1. The first-order valence-electron chi connectivity index (χ1n) is 9.66. The Morgan fingerprint density at radius 2 is 2.00 bits per heavy atom. The number of anilines is 1. The maximum atomic E-state index is 13.1. The van der Waals surface area contributed by atoms with Crippen LogP contribution in [-0.4, -0.2) is 36.5 Å². The molecule has 1 heterocycles. The van der Waals surface area contributed by atoms with Crippen molar-refractivity contribution in [3.05, 3.63) is 56.9 Å². The predicted molar refractivity (Wildman–Crippen MR) is 130 cm³/mol. The summed E-state index contributed by atoms with van der Waals surface area (Å²) < 4.78 is 55.5. The SMILES string of the molecule is CCOC(=O)COc1c(Br)cc(/C=C2/SC(=S)N(c3cccc(C(F)(F)F)c3)C2=O)cc1OC. The Labute approximate surface area is 211 Å². The van der Waals surface area contributed by atoms with E-state index in [-0.39, 0.29) is 33.9 Å². The molecule has 0 saturated carbocycles. The smallest absolute Gasteiger partial charge is 0.416 e. The third-order valence-corrected chi connectivity index (χ3v) is 6.31. The van der Waals surface area contributed by atoms with Crippen molar-refractivity contribution in [1.29, 1.82) is 0 Å². The molecule has 34 heavy (non-hydrogen) atoms. The second-order valence-corrected chi connectivity index (χ2v) is 9.22. The maximum Gasteiger partial charge on any atom is 0.416 e. The Morgan fingerprint density at radius 1 is 1.26 bits per heavy atom. The van der Waals surface area contributed by atoms with Crippen LogP contribution in [0, 0.1) is 0 Å². The van der Waals surface area contributed by atoms with Crippen LogP contribution in [0.3, 0.4) is 0 Å². The minimum atomic E-state index is -4.55. The second kappa shape index (κ2) is 10.8. The van der Waals surface area contributed by atoms with Gasteiger partial charge in [-0.3, -0.25) is 9.69 Å². The highest BCUT2D eigenvalue weighted by Crippen LogP contribution is 2.41. The second-order valence-electron chi connectivity index (χ2n) is 6.69. The van der Waals surface area contributed by atoms with Crippen LogP contribution in [0.5, 0.6) is 11.5 Å². The van der Waals surface area contributed by atoms with E-state index >= 15 is 0 Å². The van der Waals surface area contributed by atoms with Crippen LogP contribution in [0.25, 0.3) is 6.08 Å². The van der Waals surface area contributed by atoms with E-state index < -0.39 is 23.6 Å². The van der Waals surface area contributed by atoms with Crippen LogP contribution in [0.15, 0.2) is 45.8 Å². The summed E-state index contributed by atoms with van der Waals surface area (Å²) in [5.41, 5.74) is -0.311. The lowest BCUT2D eigenvalue weighted by Gasteiger charge is -2.16. The number of esters is 1. The Kier molecular flexibility index (Phi) is 8.26. The Bertz CT molecular complexity index is 1170. The molecule has 2 aromatic carbocycles. The lowest BCUT2D eigenvalue weighted by atomic mass is 10.1. The standard InChI is InChI=1S/C22H17BrF3NO5S2/c1-3-31-18(28)11-32-19-15(23)7-12(8-16(19)30-2)9-17-20(29)27(21(33)34-17)14-6-4-5-13(10-14)22(24,25)26/h4-10H,3,11H2,1-2H3/b17-9+. The number of carbonyl (C=O) groups is 2. The van der Waals surface area contributed by atoms with E-state index in [2.05, 4.69) is 15.9 Å². The van der Waals surface area contributed by atoms with E-state index in [4.69, 9.17) is 26.4 Å². The molecular weight excluding hydrogens is 559 g/mol. The molecule has 0 atom stereocenters. The minimum Gasteiger partial charge on any atom is -0.493 e. The number of rotatable bonds is 7. The van der Waals surface area contributed by atoms with Crippen LogP contribution >= 0.6 is 39.9 Å². The molecule has 0 aliphatic carbocycles. The first-order valence-corrected chi connectivity index (χ1v) is 11.7. The van der Waals surface area contributed by atoms with Crippen LogP contribution in [0.2, 0.25) is 0 Å². The van der Waals surface area contributed by atoms with Gasteiger partial charge in [0.05, 0.1) is 34.3 Å². The number of methoxy groups -OCH3 is 1. The van der Waals surface area contributed by atoms with Gasteiger partial charge >= 0.3 is 12.1 Å². The maximum absolute atomic E-state index is 13.1. The number of amides is 1. The molecule has 1 amide bonds. The van der Waals surface area contributed by atoms with Crippen molar-refractivity contribution in [3.8, 4) is 11.5 Å². The average Bonchev–Trinajstić information content (AvgIpc) is 3.05. The van der Waals surface area contributed by atoms with E-state index in [1.165, 1.54) is 25.3 Å². The average molecular weight is 576 g/mol. The van der Waals surface area contributed by atoms with E-state index in [0.717, 1.165) is 28.8 Å². The van der Waals surface area contributed by atoms with Crippen LogP contribution in [0.4, 0.5) is 18.9 Å². The van der Waals surface area contributed by atoms with Gasteiger partial charge in [0, 0.05) is 0 Å². The molecule has 0 spiro atoms. The molecule has 180 valence electrons. The third kappa shape index (κ3) is 5.91. The number of hydrogen-bond acceptors (Lipinski definition) is 7. The van der Waals surface area contributed by atoms with Crippen molar-refractivity contribution >= 4 is 67.9 Å². The van der Waals surface area contributed by atoms with Crippen LogP contribution in [-0.2, 0) is 20.5 Å². The molecule has 0 radical (unpaired) electrons. The Balaban J connectivity index is 1.87. The van der Waals surface area contributed by atoms with Gasteiger partial charge < -0.3 is 14.2 Å². The summed E-state index contributed by atoms with van der Waals surface area (Å²) in [6.45, 7) is 1.58. The number of nitrogens with zero attached hydrogens (tertiary/aromatic N) is 1. The molecule has 12 heteroatoms. The zero-order valence-corrected chi connectivity index (χ0v) is 21.0. The summed E-state index contributed by atoms with van der Waals surface area (Å²) in [6, 6.07) is 7.63. The molecule has 0 aromatic heterocycles. The highest BCUT2D eigenvalue weighted by molar-refractivity contribution is 9.10. The molecule has 6 nitrogen and oxygen atoms in total. The van der Waals surface area contributed by atoms with Gasteiger partial charge in [0.15, 0.2) is 22.4 Å². The van der Waals surface area contributed by atoms with Crippen molar-refractivity contribution in [2.24, 2.45) is 0 Å². The number of benzene rings is 2. The van der Waals surface area contributed by atoms with Crippen molar-refractivity contribution in [1.82, 2.24) is 0 Å². The van der Waals surface area contributed by atoms with Gasteiger partial charge in [-0.15, -0.1) is 0 Å². The molecule has 3 rings (SSSR count). The summed E-state index contributed by atoms with van der Waals surface area (Å²) in [5, 5.41) is 0. The molecule has 1 saturated heterocycles. The van der Waals surface area contributed by atoms with Gasteiger partial charge in [-0.1, -0.05) is 30.0 Å². The quantitative estimate of drug-likeness (QED) is 0.234. The zero-order chi connectivity index (χ0) is 25.0. The molecular formula is C22H17BrF3NO5S2. The van der Waals surface area contributed by atoms with Crippen molar-refractivity contribution in [3.63, 3.8) is 0 Å². The van der Waals surface area contributed by atoms with Gasteiger partial charge in [0.2, 0.25) is 0 Å². The lowest BCUT2D eigenvalue weighted by molar-refractivity contribution is -0.145. The van der Waals surface area contributed by atoms with Crippen molar-refractivity contribution in [2.45, 2.75) is 13.1 Å². The summed E-state index contributed by atoms with van der Waals surface area (Å²) in [7, 11) is 1.41. The predicted octanol–water partition coefficient (Wildman–Crippen LogP) is 5.82. The van der Waals surface area contributed by atoms with Crippen molar-refractivity contribution < 1.29 is 37.0 Å². The number of thioether (sulfide) groups is 1. The highest BCUT2D eigenvalue weighted by Gasteiger charge is 2.36. The van der Waals surface area contributed by atoms with Crippen molar-refractivity contribution in [2.75, 3.05) is 25.2 Å². The number of carbonyl (C=O) groups excluding carboxylic acids is 2.